The first-order valence-electron chi connectivity index (χ1n) is 7.07. The maximum absolute atomic E-state index is 12.2. The number of nitrogens with zero attached hydrogens (tertiary/aromatic N) is 4. The number of halogens is 1. The third-order valence-electron chi connectivity index (χ3n) is 3.47. The second-order valence-corrected chi connectivity index (χ2v) is 5.82. The molecular formula is C17H13BrN4O2. The Kier molecular flexibility index (Phi) is 4.49. The van der Waals surface area contributed by atoms with Crippen LogP contribution in [-0.4, -0.2) is 19.8 Å². The number of aromatic nitrogens is 4. The molecule has 0 aliphatic rings. The quantitative estimate of drug-likeness (QED) is 0.647. The topological polar surface area (TPSA) is 61.9 Å². The third kappa shape index (κ3) is 2.96. The lowest BCUT2D eigenvalue weighted by atomic mass is 10.1. The van der Waals surface area contributed by atoms with Crippen molar-refractivity contribution in [1.29, 1.82) is 0 Å². The van der Waals surface area contributed by atoms with Crippen molar-refractivity contribution in [2.45, 2.75) is 6.61 Å². The van der Waals surface area contributed by atoms with Crippen LogP contribution in [0.5, 0.6) is 5.75 Å². The maximum atomic E-state index is 12.2. The van der Waals surface area contributed by atoms with Gasteiger partial charge >= 0.3 is 5.69 Å². The summed E-state index contributed by atoms with van der Waals surface area (Å²) < 4.78 is 9.06. The van der Waals surface area contributed by atoms with Crippen LogP contribution in [0.15, 0.2) is 51.7 Å². The highest BCUT2D eigenvalue weighted by Crippen LogP contribution is 2.26. The van der Waals surface area contributed by atoms with E-state index in [4.69, 9.17) is 11.2 Å². The lowest BCUT2D eigenvalue weighted by Gasteiger charge is -2.13. The van der Waals surface area contributed by atoms with Gasteiger partial charge in [-0.1, -0.05) is 24.1 Å². The van der Waals surface area contributed by atoms with E-state index >= 15 is 0 Å². The highest BCUT2D eigenvalue weighted by Gasteiger charge is 2.15. The van der Waals surface area contributed by atoms with Crippen LogP contribution in [0.25, 0.3) is 5.69 Å². The molecular weight excluding hydrogens is 372 g/mol. The SMILES string of the molecule is C#Cc1cccc(-n2nnn(C)c2=O)c1COc1ccccc1Br. The molecule has 0 spiro atoms. The van der Waals surface area contributed by atoms with Crippen LogP contribution in [0.2, 0.25) is 0 Å². The van der Waals surface area contributed by atoms with E-state index in [0.29, 0.717) is 22.6 Å². The van der Waals surface area contributed by atoms with Crippen molar-refractivity contribution in [2.24, 2.45) is 7.05 Å². The van der Waals surface area contributed by atoms with Crippen molar-refractivity contribution >= 4 is 15.9 Å². The smallest absolute Gasteiger partial charge is 0.368 e. The van der Waals surface area contributed by atoms with E-state index in [1.807, 2.05) is 24.3 Å². The molecule has 0 amide bonds. The fourth-order valence-corrected chi connectivity index (χ4v) is 2.64. The number of terminal acetylenes is 1. The Morgan fingerprint density at radius 3 is 2.67 bits per heavy atom. The Balaban J connectivity index is 2.03. The number of aryl methyl sites for hydroxylation is 1. The van der Waals surface area contributed by atoms with E-state index in [-0.39, 0.29) is 12.3 Å². The van der Waals surface area contributed by atoms with Gasteiger partial charge in [0, 0.05) is 18.2 Å². The summed E-state index contributed by atoms with van der Waals surface area (Å²) in [6.07, 6.45) is 5.60. The van der Waals surface area contributed by atoms with Crippen molar-refractivity contribution in [3.05, 3.63) is 68.5 Å². The van der Waals surface area contributed by atoms with E-state index in [1.165, 1.54) is 11.7 Å². The van der Waals surface area contributed by atoms with Crippen molar-refractivity contribution in [1.82, 2.24) is 19.8 Å². The van der Waals surface area contributed by atoms with Crippen molar-refractivity contribution in [3.8, 4) is 23.8 Å². The molecule has 0 N–H and O–H groups in total. The Morgan fingerprint density at radius 2 is 2.00 bits per heavy atom. The largest absolute Gasteiger partial charge is 0.488 e. The molecule has 24 heavy (non-hydrogen) atoms. The van der Waals surface area contributed by atoms with Crippen LogP contribution in [-0.2, 0) is 13.7 Å². The molecule has 1 aromatic heterocycles. The predicted octanol–water partition coefficient (Wildman–Crippen LogP) is 2.29. The molecule has 3 rings (SSSR count). The van der Waals surface area contributed by atoms with E-state index in [1.54, 1.807) is 18.2 Å². The second kappa shape index (κ2) is 6.72. The summed E-state index contributed by atoms with van der Waals surface area (Å²) in [5.74, 6) is 3.30. The molecule has 0 aliphatic heterocycles. The molecule has 3 aromatic rings. The molecule has 0 unspecified atom stereocenters. The molecule has 0 radical (unpaired) electrons. The second-order valence-electron chi connectivity index (χ2n) is 4.96. The average Bonchev–Trinajstić information content (AvgIpc) is 2.93. The predicted molar refractivity (Wildman–Crippen MR) is 93.0 cm³/mol. The molecule has 0 bridgehead atoms. The van der Waals surface area contributed by atoms with Crippen molar-refractivity contribution in [3.63, 3.8) is 0 Å². The monoisotopic (exact) mass is 384 g/mol. The average molecular weight is 385 g/mol. The van der Waals surface area contributed by atoms with Gasteiger partial charge in [0.2, 0.25) is 0 Å². The van der Waals surface area contributed by atoms with E-state index < -0.39 is 0 Å². The number of para-hydroxylation sites is 1. The minimum atomic E-state index is -0.355. The first-order chi connectivity index (χ1) is 11.6. The van der Waals surface area contributed by atoms with Crippen LogP contribution >= 0.6 is 15.9 Å². The van der Waals surface area contributed by atoms with E-state index in [0.717, 1.165) is 9.15 Å². The molecule has 120 valence electrons. The number of ether oxygens (including phenoxy) is 1. The lowest BCUT2D eigenvalue weighted by Crippen LogP contribution is -2.23. The Labute approximate surface area is 146 Å². The molecule has 6 nitrogen and oxygen atoms in total. The van der Waals surface area contributed by atoms with Gasteiger partial charge in [0.15, 0.2) is 0 Å². The summed E-state index contributed by atoms with van der Waals surface area (Å²) in [4.78, 5) is 12.2. The summed E-state index contributed by atoms with van der Waals surface area (Å²) in [5, 5.41) is 7.62. The highest BCUT2D eigenvalue weighted by atomic mass is 79.9. The highest BCUT2D eigenvalue weighted by molar-refractivity contribution is 9.10. The van der Waals surface area contributed by atoms with Crippen LogP contribution in [0, 0.1) is 12.3 Å². The normalized spacial score (nSPS) is 10.4. The summed E-state index contributed by atoms with van der Waals surface area (Å²) in [5.41, 5.74) is 1.53. The zero-order valence-corrected chi connectivity index (χ0v) is 14.4. The number of rotatable bonds is 4. The van der Waals surface area contributed by atoms with Crippen LogP contribution in [0.1, 0.15) is 11.1 Å². The third-order valence-corrected chi connectivity index (χ3v) is 4.12. The molecule has 0 saturated carbocycles. The van der Waals surface area contributed by atoms with Gasteiger partial charge in [-0.25, -0.2) is 4.79 Å². The fraction of sp³-hybridized carbons (Fsp3) is 0.118. The minimum Gasteiger partial charge on any atom is -0.488 e. The zero-order chi connectivity index (χ0) is 17.1. The molecule has 7 heteroatoms. The number of tetrazole rings is 1. The van der Waals surface area contributed by atoms with E-state index in [9.17, 15) is 4.79 Å². The van der Waals surface area contributed by atoms with Gasteiger partial charge in [-0.2, -0.15) is 9.36 Å². The standard InChI is InChI=1S/C17H13BrN4O2/c1-3-12-7-6-9-15(22-17(23)21(2)19-20-22)13(12)11-24-16-10-5-4-8-14(16)18/h1,4-10H,11H2,2H3. The van der Waals surface area contributed by atoms with Crippen molar-refractivity contribution < 1.29 is 4.74 Å². The Hall–Kier alpha value is -2.85. The van der Waals surface area contributed by atoms with Gasteiger partial charge in [-0.3, -0.25) is 0 Å². The number of hydrogen-bond acceptors (Lipinski definition) is 4. The van der Waals surface area contributed by atoms with Gasteiger partial charge in [0.05, 0.1) is 10.2 Å². The van der Waals surface area contributed by atoms with Crippen molar-refractivity contribution in [2.75, 3.05) is 0 Å². The van der Waals surface area contributed by atoms with Gasteiger partial charge in [-0.05, 0) is 50.6 Å². The van der Waals surface area contributed by atoms with Gasteiger partial charge in [0.25, 0.3) is 0 Å². The zero-order valence-electron chi connectivity index (χ0n) is 12.8. The summed E-state index contributed by atoms with van der Waals surface area (Å²) in [7, 11) is 1.54. The number of hydrogen-bond donors (Lipinski definition) is 0. The van der Waals surface area contributed by atoms with Crippen LogP contribution < -0.4 is 10.4 Å². The number of benzene rings is 2. The first-order valence-corrected chi connectivity index (χ1v) is 7.86. The molecule has 0 aliphatic carbocycles. The van der Waals surface area contributed by atoms with Crippen LogP contribution in [0.3, 0.4) is 0 Å². The fourth-order valence-electron chi connectivity index (χ4n) is 2.24. The summed E-state index contributed by atoms with van der Waals surface area (Å²) in [6.45, 7) is 0.196. The maximum Gasteiger partial charge on any atom is 0.368 e. The van der Waals surface area contributed by atoms with Gasteiger partial charge < -0.3 is 4.74 Å². The molecule has 0 saturated heterocycles. The lowest BCUT2D eigenvalue weighted by molar-refractivity contribution is 0.303. The Morgan fingerprint density at radius 1 is 1.21 bits per heavy atom. The Bertz CT molecular complexity index is 985. The van der Waals surface area contributed by atoms with Crippen LogP contribution in [0.4, 0.5) is 0 Å². The molecule has 1 heterocycles. The molecule has 0 atom stereocenters. The van der Waals surface area contributed by atoms with Gasteiger partial charge in [0.1, 0.15) is 12.4 Å². The first kappa shape index (κ1) is 16.0. The van der Waals surface area contributed by atoms with E-state index in [2.05, 4.69) is 32.3 Å². The minimum absolute atomic E-state index is 0.196. The summed E-state index contributed by atoms with van der Waals surface area (Å²) in [6, 6.07) is 12.8. The van der Waals surface area contributed by atoms with Gasteiger partial charge in [-0.15, -0.1) is 6.42 Å². The molecule has 2 aromatic carbocycles. The summed E-state index contributed by atoms with van der Waals surface area (Å²) >= 11 is 3.44. The molecule has 0 fully saturated rings.